The number of amides is 1. The van der Waals surface area contributed by atoms with E-state index >= 15 is 0 Å². The Bertz CT molecular complexity index is 462. The Labute approximate surface area is 108 Å². The number of likely N-dealkylation sites (tertiary alicyclic amines) is 1. The van der Waals surface area contributed by atoms with E-state index in [9.17, 15) is 4.79 Å². The van der Waals surface area contributed by atoms with Crippen LogP contribution >= 0.6 is 0 Å². The summed E-state index contributed by atoms with van der Waals surface area (Å²) in [4.78, 5) is 14.4. The normalized spacial score (nSPS) is 19.5. The van der Waals surface area contributed by atoms with Gasteiger partial charge in [0.15, 0.2) is 0 Å². The molecule has 0 spiro atoms. The summed E-state index contributed by atoms with van der Waals surface area (Å²) < 4.78 is 0. The third-order valence-electron chi connectivity index (χ3n) is 4.13. The number of hydrogen-bond donors (Lipinski definition) is 1. The van der Waals surface area contributed by atoms with Gasteiger partial charge < -0.3 is 10.2 Å². The van der Waals surface area contributed by atoms with E-state index in [0.717, 1.165) is 50.4 Å². The van der Waals surface area contributed by atoms with E-state index in [0.29, 0.717) is 0 Å². The van der Waals surface area contributed by atoms with Crippen molar-refractivity contribution in [2.45, 2.75) is 26.2 Å². The number of carbonyl (C=O) groups excluding carboxylic acids is 1. The van der Waals surface area contributed by atoms with Crippen LogP contribution in [0.4, 0.5) is 5.69 Å². The number of nitrogens with zero attached hydrogens (tertiary/aromatic N) is 1. The zero-order valence-corrected chi connectivity index (χ0v) is 10.9. The molecule has 0 atom stereocenters. The van der Waals surface area contributed by atoms with Crippen molar-refractivity contribution in [3.8, 4) is 0 Å². The average molecular weight is 244 g/mol. The van der Waals surface area contributed by atoms with Crippen LogP contribution < -0.4 is 5.32 Å². The van der Waals surface area contributed by atoms with Gasteiger partial charge in [-0.2, -0.15) is 0 Å². The minimum Gasteiger partial charge on any atom is -0.384 e. The number of rotatable bonds is 1. The molecule has 2 aliphatic heterocycles. The molecule has 0 aliphatic carbocycles. The summed E-state index contributed by atoms with van der Waals surface area (Å²) in [5, 5.41) is 3.33. The van der Waals surface area contributed by atoms with Crippen molar-refractivity contribution in [1.82, 2.24) is 4.90 Å². The summed E-state index contributed by atoms with van der Waals surface area (Å²) in [7, 11) is 0. The minimum atomic E-state index is 0.205. The van der Waals surface area contributed by atoms with Crippen molar-refractivity contribution in [2.75, 3.05) is 25.0 Å². The molecule has 1 aromatic carbocycles. The highest BCUT2D eigenvalue weighted by molar-refractivity contribution is 5.95. The van der Waals surface area contributed by atoms with Gasteiger partial charge in [0.2, 0.25) is 0 Å². The van der Waals surface area contributed by atoms with Crippen LogP contribution in [0.3, 0.4) is 0 Å². The van der Waals surface area contributed by atoms with Crippen LogP contribution in [0.2, 0.25) is 0 Å². The largest absolute Gasteiger partial charge is 0.384 e. The third-order valence-corrected chi connectivity index (χ3v) is 4.13. The van der Waals surface area contributed by atoms with Crippen LogP contribution in [0, 0.1) is 5.92 Å². The number of carbonyl (C=O) groups is 1. The third kappa shape index (κ3) is 2.09. The molecule has 96 valence electrons. The SMILES string of the molecule is CC1CCN(C(=O)c2ccc3c(c2)CCN3)CC1. The molecule has 1 saturated heterocycles. The van der Waals surface area contributed by atoms with Gasteiger partial charge in [0.05, 0.1) is 0 Å². The second-order valence-electron chi connectivity index (χ2n) is 5.52. The number of benzene rings is 1. The molecule has 0 unspecified atom stereocenters. The monoisotopic (exact) mass is 244 g/mol. The highest BCUT2D eigenvalue weighted by Crippen LogP contribution is 2.24. The lowest BCUT2D eigenvalue weighted by Gasteiger charge is -2.30. The highest BCUT2D eigenvalue weighted by atomic mass is 16.2. The molecule has 2 aliphatic rings. The maximum absolute atomic E-state index is 12.4. The van der Waals surface area contributed by atoms with Crippen molar-refractivity contribution in [2.24, 2.45) is 5.92 Å². The first kappa shape index (κ1) is 11.6. The Morgan fingerprint density at radius 3 is 2.89 bits per heavy atom. The molecule has 1 aromatic rings. The van der Waals surface area contributed by atoms with Crippen molar-refractivity contribution < 1.29 is 4.79 Å². The van der Waals surface area contributed by atoms with Crippen LogP contribution in [0.5, 0.6) is 0 Å². The molecule has 1 amide bonds. The lowest BCUT2D eigenvalue weighted by molar-refractivity contribution is 0.0697. The van der Waals surface area contributed by atoms with Gasteiger partial charge in [0, 0.05) is 30.9 Å². The number of fused-ring (bicyclic) bond motifs is 1. The molecule has 3 rings (SSSR count). The van der Waals surface area contributed by atoms with E-state index in [1.54, 1.807) is 0 Å². The Morgan fingerprint density at radius 2 is 2.11 bits per heavy atom. The molecule has 3 heteroatoms. The van der Waals surface area contributed by atoms with Crippen LogP contribution in [-0.4, -0.2) is 30.4 Å². The Hall–Kier alpha value is -1.51. The van der Waals surface area contributed by atoms with Gasteiger partial charge in [0.1, 0.15) is 0 Å². The van der Waals surface area contributed by atoms with Gasteiger partial charge in [0.25, 0.3) is 5.91 Å². The smallest absolute Gasteiger partial charge is 0.253 e. The molecule has 1 N–H and O–H groups in total. The first-order valence-electron chi connectivity index (χ1n) is 6.90. The van der Waals surface area contributed by atoms with Crippen LogP contribution in [0.15, 0.2) is 18.2 Å². The molecule has 0 bridgehead atoms. The van der Waals surface area contributed by atoms with Gasteiger partial charge in [-0.15, -0.1) is 0 Å². The summed E-state index contributed by atoms with van der Waals surface area (Å²) in [6, 6.07) is 6.06. The molecule has 18 heavy (non-hydrogen) atoms. The van der Waals surface area contributed by atoms with Crippen LogP contribution in [-0.2, 0) is 6.42 Å². The Morgan fingerprint density at radius 1 is 1.33 bits per heavy atom. The summed E-state index contributed by atoms with van der Waals surface area (Å²) >= 11 is 0. The van der Waals surface area contributed by atoms with Gasteiger partial charge in [-0.05, 0) is 48.9 Å². The number of hydrogen-bond acceptors (Lipinski definition) is 2. The van der Waals surface area contributed by atoms with Crippen molar-refractivity contribution >= 4 is 11.6 Å². The number of nitrogens with one attached hydrogen (secondary N) is 1. The first-order valence-corrected chi connectivity index (χ1v) is 6.90. The molecule has 0 saturated carbocycles. The minimum absolute atomic E-state index is 0.205. The second kappa shape index (κ2) is 4.63. The van der Waals surface area contributed by atoms with Gasteiger partial charge in [-0.3, -0.25) is 4.79 Å². The highest BCUT2D eigenvalue weighted by Gasteiger charge is 2.22. The summed E-state index contributed by atoms with van der Waals surface area (Å²) in [5.74, 6) is 0.967. The Kier molecular flexibility index (Phi) is 2.98. The lowest BCUT2D eigenvalue weighted by Crippen LogP contribution is -2.37. The predicted molar refractivity (Wildman–Crippen MR) is 72.9 cm³/mol. The van der Waals surface area contributed by atoms with E-state index < -0.39 is 0 Å². The fourth-order valence-corrected chi connectivity index (χ4v) is 2.83. The van der Waals surface area contributed by atoms with Crippen molar-refractivity contribution in [1.29, 1.82) is 0 Å². The van der Waals surface area contributed by atoms with E-state index in [1.807, 2.05) is 17.0 Å². The van der Waals surface area contributed by atoms with Crippen molar-refractivity contribution in [3.05, 3.63) is 29.3 Å². The van der Waals surface area contributed by atoms with Gasteiger partial charge >= 0.3 is 0 Å². The fraction of sp³-hybridized carbons (Fsp3) is 0.533. The fourth-order valence-electron chi connectivity index (χ4n) is 2.83. The topological polar surface area (TPSA) is 32.3 Å². The van der Waals surface area contributed by atoms with Gasteiger partial charge in [-0.25, -0.2) is 0 Å². The second-order valence-corrected chi connectivity index (χ2v) is 5.52. The molecule has 0 radical (unpaired) electrons. The molecule has 0 aromatic heterocycles. The Balaban J connectivity index is 1.76. The van der Waals surface area contributed by atoms with E-state index in [1.165, 1.54) is 11.3 Å². The summed E-state index contributed by atoms with van der Waals surface area (Å²) in [6.07, 6.45) is 3.31. The van der Waals surface area contributed by atoms with E-state index in [2.05, 4.69) is 18.3 Å². The zero-order valence-electron chi connectivity index (χ0n) is 10.9. The quantitative estimate of drug-likeness (QED) is 0.823. The molecular formula is C15H20N2O. The lowest BCUT2D eigenvalue weighted by atomic mass is 9.98. The van der Waals surface area contributed by atoms with Gasteiger partial charge in [-0.1, -0.05) is 6.92 Å². The summed E-state index contributed by atoms with van der Waals surface area (Å²) in [5.41, 5.74) is 3.33. The number of piperidine rings is 1. The molecular weight excluding hydrogens is 224 g/mol. The first-order chi connectivity index (χ1) is 8.74. The average Bonchev–Trinajstić information content (AvgIpc) is 2.86. The summed E-state index contributed by atoms with van der Waals surface area (Å²) in [6.45, 7) is 5.09. The molecule has 1 fully saturated rings. The number of anilines is 1. The maximum Gasteiger partial charge on any atom is 0.253 e. The zero-order chi connectivity index (χ0) is 12.5. The van der Waals surface area contributed by atoms with E-state index in [-0.39, 0.29) is 5.91 Å². The van der Waals surface area contributed by atoms with Crippen LogP contribution in [0.1, 0.15) is 35.7 Å². The molecule has 3 nitrogen and oxygen atoms in total. The standard InChI is InChI=1S/C15H20N2O/c1-11-5-8-17(9-6-11)15(18)13-2-3-14-12(10-13)4-7-16-14/h2-3,10-11,16H,4-9H2,1H3. The predicted octanol–water partition coefficient (Wildman–Crippen LogP) is 2.53. The molecule has 2 heterocycles. The van der Waals surface area contributed by atoms with E-state index in [4.69, 9.17) is 0 Å². The van der Waals surface area contributed by atoms with Crippen LogP contribution in [0.25, 0.3) is 0 Å². The maximum atomic E-state index is 12.4. The van der Waals surface area contributed by atoms with Crippen molar-refractivity contribution in [3.63, 3.8) is 0 Å².